The molecule has 3 aromatic rings. The van der Waals surface area contributed by atoms with Crippen LogP contribution in [0.5, 0.6) is 0 Å². The highest BCUT2D eigenvalue weighted by Gasteiger charge is 2.21. The number of benzene rings is 2. The van der Waals surface area contributed by atoms with Crippen LogP contribution < -0.4 is 5.73 Å². The molecule has 3 rings (SSSR count). The van der Waals surface area contributed by atoms with Crippen molar-refractivity contribution >= 4 is 21.8 Å². The van der Waals surface area contributed by atoms with Crippen molar-refractivity contribution < 1.29 is 4.42 Å². The summed E-state index contributed by atoms with van der Waals surface area (Å²) in [6.45, 7) is 0. The quantitative estimate of drug-likeness (QED) is 0.727. The van der Waals surface area contributed by atoms with Crippen LogP contribution in [0.2, 0.25) is 0 Å². The van der Waals surface area contributed by atoms with Gasteiger partial charge < -0.3 is 10.2 Å². The first-order chi connectivity index (χ1) is 10.2. The lowest BCUT2D eigenvalue weighted by atomic mass is 9.98. The summed E-state index contributed by atoms with van der Waals surface area (Å²) in [6.07, 6.45) is 0. The number of nitriles is 1. The van der Waals surface area contributed by atoms with E-state index in [1.165, 1.54) is 0 Å². The molecule has 0 saturated carbocycles. The third-order valence-electron chi connectivity index (χ3n) is 3.22. The summed E-state index contributed by atoms with van der Waals surface area (Å²) in [5.41, 5.74) is 8.75. The molecule has 3 nitrogen and oxygen atoms in total. The van der Waals surface area contributed by atoms with Gasteiger partial charge in [-0.3, -0.25) is 0 Å². The lowest BCUT2D eigenvalue weighted by molar-refractivity contribution is 0.603. The summed E-state index contributed by atoms with van der Waals surface area (Å²) in [7, 11) is 0. The molecule has 0 unspecified atom stereocenters. The van der Waals surface area contributed by atoms with E-state index in [4.69, 9.17) is 10.2 Å². The van der Waals surface area contributed by atoms with E-state index in [1.807, 2.05) is 54.6 Å². The van der Waals surface area contributed by atoms with Crippen LogP contribution in [0.4, 0.5) is 5.88 Å². The van der Waals surface area contributed by atoms with Crippen LogP contribution in [0.25, 0.3) is 22.5 Å². The molecule has 4 heteroatoms. The summed E-state index contributed by atoms with van der Waals surface area (Å²) in [5, 5.41) is 9.38. The molecule has 0 amide bonds. The first-order valence-corrected chi connectivity index (χ1v) is 7.13. The highest BCUT2D eigenvalue weighted by Crippen LogP contribution is 2.40. The number of nitrogen functional groups attached to an aromatic ring is 1. The van der Waals surface area contributed by atoms with Crippen LogP contribution in [0.3, 0.4) is 0 Å². The molecule has 0 aliphatic carbocycles. The van der Waals surface area contributed by atoms with Crippen LogP contribution >= 0.6 is 15.9 Å². The third-order valence-corrected chi connectivity index (χ3v) is 3.74. The highest BCUT2D eigenvalue weighted by molar-refractivity contribution is 9.10. The Bertz CT molecular complexity index is 814. The number of halogens is 1. The summed E-state index contributed by atoms with van der Waals surface area (Å²) >= 11 is 3.41. The average Bonchev–Trinajstić information content (AvgIpc) is 2.85. The van der Waals surface area contributed by atoms with E-state index in [1.54, 1.807) is 0 Å². The second kappa shape index (κ2) is 5.47. The molecule has 1 heterocycles. The van der Waals surface area contributed by atoms with Gasteiger partial charge in [0.15, 0.2) is 0 Å². The van der Waals surface area contributed by atoms with E-state index in [0.29, 0.717) is 11.3 Å². The highest BCUT2D eigenvalue weighted by atomic mass is 79.9. The van der Waals surface area contributed by atoms with Gasteiger partial charge in [-0.1, -0.05) is 58.4 Å². The third kappa shape index (κ3) is 2.44. The number of nitrogens with two attached hydrogens (primary N) is 1. The van der Waals surface area contributed by atoms with Crippen molar-refractivity contribution in [1.82, 2.24) is 0 Å². The van der Waals surface area contributed by atoms with E-state index in [9.17, 15) is 5.26 Å². The molecular formula is C17H11BrN2O. The molecule has 0 radical (unpaired) electrons. The van der Waals surface area contributed by atoms with Crippen LogP contribution in [-0.2, 0) is 0 Å². The van der Waals surface area contributed by atoms with Crippen LogP contribution in [-0.4, -0.2) is 0 Å². The number of anilines is 1. The normalized spacial score (nSPS) is 10.3. The van der Waals surface area contributed by atoms with Gasteiger partial charge in [0, 0.05) is 15.6 Å². The zero-order valence-electron chi connectivity index (χ0n) is 11.0. The molecule has 21 heavy (non-hydrogen) atoms. The van der Waals surface area contributed by atoms with Gasteiger partial charge in [0.05, 0.1) is 0 Å². The molecular weight excluding hydrogens is 328 g/mol. The Balaban J connectivity index is 2.27. The minimum Gasteiger partial charge on any atom is -0.439 e. The van der Waals surface area contributed by atoms with Crippen LogP contribution in [0.15, 0.2) is 63.5 Å². The first kappa shape index (κ1) is 13.5. The van der Waals surface area contributed by atoms with Crippen molar-refractivity contribution in [1.29, 1.82) is 5.26 Å². The SMILES string of the molecule is N#Cc1c(N)oc(-c2ccccc2)c1-c1ccc(Br)cc1. The van der Waals surface area contributed by atoms with Gasteiger partial charge in [-0.25, -0.2) is 0 Å². The lowest BCUT2D eigenvalue weighted by Gasteiger charge is -2.04. The predicted molar refractivity (Wildman–Crippen MR) is 86.4 cm³/mol. The minimum atomic E-state index is 0.147. The smallest absolute Gasteiger partial charge is 0.209 e. The number of nitrogens with zero attached hydrogens (tertiary/aromatic N) is 1. The van der Waals surface area contributed by atoms with Gasteiger partial charge >= 0.3 is 0 Å². The molecule has 2 aromatic carbocycles. The van der Waals surface area contributed by atoms with E-state index in [2.05, 4.69) is 22.0 Å². The maximum absolute atomic E-state index is 9.38. The summed E-state index contributed by atoms with van der Waals surface area (Å²) in [6, 6.07) is 19.5. The fraction of sp³-hybridized carbons (Fsp3) is 0. The van der Waals surface area contributed by atoms with E-state index in [-0.39, 0.29) is 5.88 Å². The number of hydrogen-bond donors (Lipinski definition) is 1. The molecule has 0 fully saturated rings. The fourth-order valence-corrected chi connectivity index (χ4v) is 2.51. The van der Waals surface area contributed by atoms with Gasteiger partial charge in [0.2, 0.25) is 5.88 Å². The Kier molecular flexibility index (Phi) is 3.51. The van der Waals surface area contributed by atoms with Crippen LogP contribution in [0.1, 0.15) is 5.56 Å². The molecule has 0 spiro atoms. The van der Waals surface area contributed by atoms with Crippen molar-refractivity contribution in [2.24, 2.45) is 0 Å². The van der Waals surface area contributed by atoms with Crippen molar-refractivity contribution in [3.8, 4) is 28.5 Å². The molecule has 0 saturated heterocycles. The first-order valence-electron chi connectivity index (χ1n) is 6.34. The van der Waals surface area contributed by atoms with Gasteiger partial charge in [-0.15, -0.1) is 0 Å². The Morgan fingerprint density at radius 1 is 0.952 bits per heavy atom. The Hall–Kier alpha value is -2.51. The maximum Gasteiger partial charge on any atom is 0.209 e. The Morgan fingerprint density at radius 2 is 1.62 bits per heavy atom. The van der Waals surface area contributed by atoms with Crippen LogP contribution in [0, 0.1) is 11.3 Å². The zero-order valence-corrected chi connectivity index (χ0v) is 12.6. The maximum atomic E-state index is 9.38. The number of hydrogen-bond acceptors (Lipinski definition) is 3. The lowest BCUT2D eigenvalue weighted by Crippen LogP contribution is -1.86. The topological polar surface area (TPSA) is 63.0 Å². The van der Waals surface area contributed by atoms with Crippen molar-refractivity contribution in [3.63, 3.8) is 0 Å². The largest absolute Gasteiger partial charge is 0.439 e. The molecule has 0 bridgehead atoms. The average molecular weight is 339 g/mol. The molecule has 1 aromatic heterocycles. The predicted octanol–water partition coefficient (Wildman–Crippen LogP) is 4.83. The molecule has 102 valence electrons. The molecule has 0 atom stereocenters. The fourth-order valence-electron chi connectivity index (χ4n) is 2.24. The minimum absolute atomic E-state index is 0.147. The zero-order chi connectivity index (χ0) is 14.8. The number of furan rings is 1. The second-order valence-electron chi connectivity index (χ2n) is 4.53. The Labute approximate surface area is 130 Å². The van der Waals surface area contributed by atoms with Gasteiger partial charge in [-0.2, -0.15) is 5.26 Å². The summed E-state index contributed by atoms with van der Waals surface area (Å²) < 4.78 is 6.63. The molecule has 0 aliphatic rings. The van der Waals surface area contributed by atoms with Gasteiger partial charge in [-0.05, 0) is 17.7 Å². The number of rotatable bonds is 2. The summed E-state index contributed by atoms with van der Waals surface area (Å²) in [5.74, 6) is 0.765. The van der Waals surface area contributed by atoms with Gasteiger partial charge in [0.25, 0.3) is 0 Å². The van der Waals surface area contributed by atoms with E-state index >= 15 is 0 Å². The molecule has 2 N–H and O–H groups in total. The summed E-state index contributed by atoms with van der Waals surface area (Å²) in [4.78, 5) is 0. The van der Waals surface area contributed by atoms with E-state index in [0.717, 1.165) is 21.2 Å². The monoisotopic (exact) mass is 338 g/mol. The van der Waals surface area contributed by atoms with Crippen molar-refractivity contribution in [2.75, 3.05) is 5.73 Å². The van der Waals surface area contributed by atoms with Crippen molar-refractivity contribution in [3.05, 3.63) is 64.6 Å². The molecule has 0 aliphatic heterocycles. The Morgan fingerprint density at radius 3 is 2.24 bits per heavy atom. The standard InChI is InChI=1S/C17H11BrN2O/c18-13-8-6-11(7-9-13)15-14(10-19)17(20)21-16(15)12-4-2-1-3-5-12/h1-9H,20H2. The van der Waals surface area contributed by atoms with E-state index < -0.39 is 0 Å². The van der Waals surface area contributed by atoms with Crippen molar-refractivity contribution in [2.45, 2.75) is 0 Å². The van der Waals surface area contributed by atoms with Gasteiger partial charge in [0.1, 0.15) is 17.4 Å². The second-order valence-corrected chi connectivity index (χ2v) is 5.45.